The number of nitrogens with zero attached hydrogens (tertiary/aromatic N) is 4. The summed E-state index contributed by atoms with van der Waals surface area (Å²) in [7, 11) is -3.73. The summed E-state index contributed by atoms with van der Waals surface area (Å²) in [5.74, 6) is 0. The molecule has 0 saturated carbocycles. The molecular formula is C29H27N5O2S2. The molecule has 5 aromatic rings. The van der Waals surface area contributed by atoms with Crippen molar-refractivity contribution in [3.05, 3.63) is 120 Å². The SMILES string of the molecule is O=S(=O)(c1cccs1)N1Cc2cc(-c3ccccc3)ccc2N(Cc2c[nH]cn2)CC1Cc1cccnc1. The Morgan fingerprint density at radius 3 is 2.63 bits per heavy atom. The van der Waals surface area contributed by atoms with E-state index in [1.165, 1.54) is 11.3 Å². The van der Waals surface area contributed by atoms with E-state index in [0.717, 1.165) is 33.6 Å². The fraction of sp³-hybridized carbons (Fsp3) is 0.172. The third kappa shape index (κ3) is 5.00. The fourth-order valence-corrected chi connectivity index (χ4v) is 7.77. The van der Waals surface area contributed by atoms with E-state index in [9.17, 15) is 8.42 Å². The largest absolute Gasteiger partial charge is 0.364 e. The molecule has 2 aromatic carbocycles. The third-order valence-corrected chi connectivity index (χ3v) is 10.1. The smallest absolute Gasteiger partial charge is 0.253 e. The summed E-state index contributed by atoms with van der Waals surface area (Å²) in [6.45, 7) is 1.36. The van der Waals surface area contributed by atoms with Crippen LogP contribution < -0.4 is 4.90 Å². The maximum atomic E-state index is 14.1. The molecule has 192 valence electrons. The predicted octanol–water partition coefficient (Wildman–Crippen LogP) is 5.36. The van der Waals surface area contributed by atoms with E-state index in [1.807, 2.05) is 48.1 Å². The molecule has 0 spiro atoms. The molecule has 1 unspecified atom stereocenters. The number of H-pyrrole nitrogens is 1. The van der Waals surface area contributed by atoms with Crippen LogP contribution in [-0.4, -0.2) is 40.3 Å². The zero-order valence-corrected chi connectivity index (χ0v) is 22.3. The first kappa shape index (κ1) is 24.5. The van der Waals surface area contributed by atoms with Gasteiger partial charge >= 0.3 is 0 Å². The van der Waals surface area contributed by atoms with E-state index in [0.29, 0.717) is 23.7 Å². The molecule has 4 heterocycles. The summed E-state index contributed by atoms with van der Waals surface area (Å²) in [5, 5.41) is 1.81. The number of aromatic nitrogens is 3. The van der Waals surface area contributed by atoms with Gasteiger partial charge in [-0.05, 0) is 58.3 Å². The molecule has 0 saturated heterocycles. The molecule has 3 aromatic heterocycles. The number of sulfonamides is 1. The van der Waals surface area contributed by atoms with Crippen LogP contribution in [0, 0.1) is 0 Å². The number of pyridine rings is 1. The Bertz CT molecular complexity index is 1590. The Labute approximate surface area is 226 Å². The van der Waals surface area contributed by atoms with E-state index >= 15 is 0 Å². The number of hydrogen-bond acceptors (Lipinski definition) is 6. The maximum absolute atomic E-state index is 14.1. The van der Waals surface area contributed by atoms with Crippen molar-refractivity contribution in [1.29, 1.82) is 0 Å². The highest BCUT2D eigenvalue weighted by molar-refractivity contribution is 7.91. The van der Waals surface area contributed by atoms with Gasteiger partial charge in [0, 0.05) is 43.4 Å². The zero-order valence-electron chi connectivity index (χ0n) is 20.6. The lowest BCUT2D eigenvalue weighted by Crippen LogP contribution is -2.45. The summed E-state index contributed by atoms with van der Waals surface area (Å²) in [6.07, 6.45) is 7.67. The van der Waals surface area contributed by atoms with E-state index in [-0.39, 0.29) is 12.6 Å². The van der Waals surface area contributed by atoms with Crippen molar-refractivity contribution in [3.63, 3.8) is 0 Å². The van der Waals surface area contributed by atoms with Crippen LogP contribution in [0.25, 0.3) is 11.1 Å². The number of fused-ring (bicyclic) bond motifs is 1. The first-order valence-corrected chi connectivity index (χ1v) is 14.7. The number of aromatic amines is 1. The number of nitrogens with one attached hydrogen (secondary N) is 1. The minimum atomic E-state index is -3.73. The predicted molar refractivity (Wildman–Crippen MR) is 150 cm³/mol. The molecule has 0 bridgehead atoms. The average Bonchev–Trinajstić information content (AvgIpc) is 3.65. The summed E-state index contributed by atoms with van der Waals surface area (Å²) >= 11 is 1.25. The van der Waals surface area contributed by atoms with Crippen LogP contribution >= 0.6 is 11.3 Å². The summed E-state index contributed by atoms with van der Waals surface area (Å²) in [6, 6.07) is 23.6. The molecule has 1 N–H and O–H groups in total. The average molecular weight is 542 g/mol. The Morgan fingerprint density at radius 1 is 1.00 bits per heavy atom. The quantitative estimate of drug-likeness (QED) is 0.300. The van der Waals surface area contributed by atoms with Gasteiger partial charge in [0.1, 0.15) is 4.21 Å². The Kier molecular flexibility index (Phi) is 6.80. The normalized spacial score (nSPS) is 16.2. The van der Waals surface area contributed by atoms with Crippen LogP contribution in [0.3, 0.4) is 0 Å². The number of thiophene rings is 1. The first-order valence-electron chi connectivity index (χ1n) is 12.4. The minimum absolute atomic E-state index is 0.276. The molecule has 7 nitrogen and oxygen atoms in total. The molecule has 6 rings (SSSR count). The van der Waals surface area contributed by atoms with E-state index in [4.69, 9.17) is 0 Å². The molecule has 0 aliphatic carbocycles. The number of hydrogen-bond donors (Lipinski definition) is 1. The van der Waals surface area contributed by atoms with Gasteiger partial charge in [0.25, 0.3) is 10.0 Å². The highest BCUT2D eigenvalue weighted by Gasteiger charge is 2.37. The van der Waals surface area contributed by atoms with Crippen LogP contribution in [0.4, 0.5) is 5.69 Å². The Morgan fingerprint density at radius 2 is 1.89 bits per heavy atom. The lowest BCUT2D eigenvalue weighted by molar-refractivity contribution is 0.318. The van der Waals surface area contributed by atoms with Gasteiger partial charge in [-0.3, -0.25) is 4.98 Å². The van der Waals surface area contributed by atoms with Crippen molar-refractivity contribution in [1.82, 2.24) is 19.3 Å². The molecule has 0 amide bonds. The van der Waals surface area contributed by atoms with Crippen LogP contribution in [0.5, 0.6) is 0 Å². The first-order chi connectivity index (χ1) is 18.6. The topological polar surface area (TPSA) is 82.2 Å². The van der Waals surface area contributed by atoms with Gasteiger partial charge < -0.3 is 9.88 Å². The van der Waals surface area contributed by atoms with Crippen LogP contribution in [0.2, 0.25) is 0 Å². The van der Waals surface area contributed by atoms with E-state index in [1.54, 1.807) is 29.0 Å². The minimum Gasteiger partial charge on any atom is -0.364 e. The van der Waals surface area contributed by atoms with Gasteiger partial charge in [0.15, 0.2) is 0 Å². The van der Waals surface area contributed by atoms with Crippen molar-refractivity contribution in [2.45, 2.75) is 29.8 Å². The van der Waals surface area contributed by atoms with Gasteiger partial charge in [-0.2, -0.15) is 4.31 Å². The lowest BCUT2D eigenvalue weighted by Gasteiger charge is -2.31. The van der Waals surface area contributed by atoms with Gasteiger partial charge in [-0.25, -0.2) is 13.4 Å². The van der Waals surface area contributed by atoms with Crippen molar-refractivity contribution < 1.29 is 8.42 Å². The summed E-state index contributed by atoms with van der Waals surface area (Å²) < 4.78 is 30.2. The van der Waals surface area contributed by atoms with Gasteiger partial charge in [-0.1, -0.05) is 48.5 Å². The maximum Gasteiger partial charge on any atom is 0.253 e. The Hall–Kier alpha value is -3.79. The van der Waals surface area contributed by atoms with Crippen LogP contribution in [-0.2, 0) is 29.5 Å². The molecular weight excluding hydrogens is 514 g/mol. The Balaban J connectivity index is 1.47. The second-order valence-corrected chi connectivity index (χ2v) is 12.4. The molecule has 0 fully saturated rings. The van der Waals surface area contributed by atoms with Crippen LogP contribution in [0.15, 0.2) is 107 Å². The van der Waals surface area contributed by atoms with Crippen molar-refractivity contribution >= 4 is 27.0 Å². The van der Waals surface area contributed by atoms with Crippen molar-refractivity contribution in [2.75, 3.05) is 11.4 Å². The molecule has 0 radical (unpaired) electrons. The number of benzene rings is 2. The molecule has 1 aliphatic rings. The third-order valence-electron chi connectivity index (χ3n) is 6.85. The highest BCUT2D eigenvalue weighted by Crippen LogP contribution is 2.36. The van der Waals surface area contributed by atoms with Crippen molar-refractivity contribution in [2.24, 2.45) is 0 Å². The van der Waals surface area contributed by atoms with Crippen molar-refractivity contribution in [3.8, 4) is 11.1 Å². The summed E-state index contributed by atoms with van der Waals surface area (Å²) in [4.78, 5) is 14.0. The van der Waals surface area contributed by atoms with Gasteiger partial charge in [0.05, 0.1) is 18.6 Å². The standard InChI is InChI=1S/C29H27N5O2S2/c35-38(36,29-9-5-13-37-29)34-18-25-15-24(23-7-2-1-3-8-23)10-11-28(25)33(19-26-17-31-21-32-26)20-27(34)14-22-6-4-12-30-16-22/h1-13,15-17,21,27H,14,18-20H2,(H,31,32). The molecule has 9 heteroatoms. The van der Waals surface area contributed by atoms with Gasteiger partial charge in [0.2, 0.25) is 0 Å². The van der Waals surface area contributed by atoms with E-state index < -0.39 is 10.0 Å². The number of imidazole rings is 1. The second kappa shape index (κ2) is 10.5. The fourth-order valence-electron chi connectivity index (χ4n) is 5.06. The number of rotatable bonds is 7. The molecule has 1 aliphatic heterocycles. The number of anilines is 1. The second-order valence-electron chi connectivity index (χ2n) is 9.35. The highest BCUT2D eigenvalue weighted by atomic mass is 32.2. The van der Waals surface area contributed by atoms with E-state index in [2.05, 4.69) is 50.2 Å². The lowest BCUT2D eigenvalue weighted by atomic mass is 10.0. The van der Waals surface area contributed by atoms with Crippen LogP contribution in [0.1, 0.15) is 16.8 Å². The summed E-state index contributed by atoms with van der Waals surface area (Å²) in [5.41, 5.74) is 6.04. The molecule has 38 heavy (non-hydrogen) atoms. The van der Waals surface area contributed by atoms with Gasteiger partial charge in [-0.15, -0.1) is 11.3 Å². The monoisotopic (exact) mass is 541 g/mol. The molecule has 1 atom stereocenters. The zero-order chi connectivity index (χ0) is 26.0.